The fourth-order valence-electron chi connectivity index (χ4n) is 2.76. The van der Waals surface area contributed by atoms with Crippen LogP contribution in [0.15, 0.2) is 48.1 Å². The van der Waals surface area contributed by atoms with Crippen molar-refractivity contribution in [3.05, 3.63) is 59.2 Å². The van der Waals surface area contributed by atoms with Crippen LogP contribution in [0, 0.1) is 0 Å². The van der Waals surface area contributed by atoms with Crippen molar-refractivity contribution >= 4 is 5.78 Å². The lowest BCUT2D eigenvalue weighted by molar-refractivity contribution is 0.0671. The summed E-state index contributed by atoms with van der Waals surface area (Å²) in [5, 5.41) is 19.7. The summed E-state index contributed by atoms with van der Waals surface area (Å²) in [7, 11) is 0. The SMILES string of the molecule is O=C1CC(C2=CC=C[C@H](O)[C@@H]2O)c2ccccc21. The summed E-state index contributed by atoms with van der Waals surface area (Å²) in [5.41, 5.74) is 2.42. The van der Waals surface area contributed by atoms with Crippen molar-refractivity contribution in [2.24, 2.45) is 0 Å². The Morgan fingerprint density at radius 1 is 1.17 bits per heavy atom. The average molecular weight is 242 g/mol. The monoisotopic (exact) mass is 242 g/mol. The minimum atomic E-state index is -0.918. The molecular formula is C15H14O3. The summed E-state index contributed by atoms with van der Waals surface area (Å²) in [4.78, 5) is 11.9. The number of hydrogen-bond acceptors (Lipinski definition) is 3. The van der Waals surface area contributed by atoms with Crippen LogP contribution in [0.1, 0.15) is 28.3 Å². The van der Waals surface area contributed by atoms with Crippen LogP contribution in [0.3, 0.4) is 0 Å². The third kappa shape index (κ3) is 1.64. The first-order valence-corrected chi connectivity index (χ1v) is 6.05. The van der Waals surface area contributed by atoms with Crippen molar-refractivity contribution in [3.8, 4) is 0 Å². The molecular weight excluding hydrogens is 228 g/mol. The third-order valence-electron chi connectivity index (χ3n) is 3.69. The second-order valence-electron chi connectivity index (χ2n) is 4.75. The van der Waals surface area contributed by atoms with Gasteiger partial charge in [-0.3, -0.25) is 4.79 Å². The van der Waals surface area contributed by atoms with Gasteiger partial charge >= 0.3 is 0 Å². The molecule has 0 fully saturated rings. The molecule has 0 saturated carbocycles. The number of aliphatic hydroxyl groups is 2. The van der Waals surface area contributed by atoms with Crippen LogP contribution < -0.4 is 0 Å². The maximum absolute atomic E-state index is 11.9. The van der Waals surface area contributed by atoms with Gasteiger partial charge in [0.2, 0.25) is 0 Å². The van der Waals surface area contributed by atoms with Crippen LogP contribution in [-0.4, -0.2) is 28.2 Å². The van der Waals surface area contributed by atoms with Crippen molar-refractivity contribution < 1.29 is 15.0 Å². The number of fused-ring (bicyclic) bond motifs is 1. The molecule has 1 aromatic carbocycles. The molecule has 0 aromatic heterocycles. The highest BCUT2D eigenvalue weighted by Gasteiger charge is 2.35. The van der Waals surface area contributed by atoms with E-state index in [2.05, 4.69) is 0 Å². The van der Waals surface area contributed by atoms with Crippen molar-refractivity contribution in [2.45, 2.75) is 24.5 Å². The van der Waals surface area contributed by atoms with Crippen molar-refractivity contribution in [2.75, 3.05) is 0 Å². The van der Waals surface area contributed by atoms with E-state index in [-0.39, 0.29) is 11.7 Å². The minimum absolute atomic E-state index is 0.104. The van der Waals surface area contributed by atoms with Crippen molar-refractivity contribution in [3.63, 3.8) is 0 Å². The molecule has 2 aliphatic rings. The van der Waals surface area contributed by atoms with Crippen LogP contribution in [0.5, 0.6) is 0 Å². The number of carbonyl (C=O) groups is 1. The zero-order chi connectivity index (χ0) is 12.7. The number of ketones is 1. The average Bonchev–Trinajstić information content (AvgIpc) is 2.71. The molecule has 0 aliphatic heterocycles. The van der Waals surface area contributed by atoms with Crippen LogP contribution in [0.4, 0.5) is 0 Å². The molecule has 3 nitrogen and oxygen atoms in total. The van der Waals surface area contributed by atoms with Crippen LogP contribution in [0.2, 0.25) is 0 Å². The maximum atomic E-state index is 11.9. The molecule has 0 heterocycles. The van der Waals surface area contributed by atoms with Gasteiger partial charge in [0.1, 0.15) is 12.2 Å². The first kappa shape index (κ1) is 11.4. The Bertz CT molecular complexity index is 557. The molecule has 3 heteroatoms. The predicted molar refractivity (Wildman–Crippen MR) is 67.4 cm³/mol. The lowest BCUT2D eigenvalue weighted by Gasteiger charge is -2.25. The minimum Gasteiger partial charge on any atom is -0.386 e. The number of aliphatic hydroxyl groups excluding tert-OH is 2. The quantitative estimate of drug-likeness (QED) is 0.786. The van der Waals surface area contributed by atoms with E-state index in [1.165, 1.54) is 0 Å². The fourth-order valence-corrected chi connectivity index (χ4v) is 2.76. The summed E-state index contributed by atoms with van der Waals surface area (Å²) >= 11 is 0. The summed E-state index contributed by atoms with van der Waals surface area (Å²) in [6.45, 7) is 0. The van der Waals surface area contributed by atoms with Gasteiger partial charge in [-0.15, -0.1) is 0 Å². The zero-order valence-corrected chi connectivity index (χ0v) is 9.78. The first-order valence-electron chi connectivity index (χ1n) is 6.05. The number of allylic oxidation sites excluding steroid dienone is 2. The van der Waals surface area contributed by atoms with Gasteiger partial charge in [-0.25, -0.2) is 0 Å². The highest BCUT2D eigenvalue weighted by Crippen LogP contribution is 2.40. The van der Waals surface area contributed by atoms with Crippen LogP contribution in [-0.2, 0) is 0 Å². The second-order valence-corrected chi connectivity index (χ2v) is 4.75. The van der Waals surface area contributed by atoms with Gasteiger partial charge in [-0.1, -0.05) is 42.5 Å². The second kappa shape index (κ2) is 4.19. The van der Waals surface area contributed by atoms with E-state index in [9.17, 15) is 15.0 Å². The highest BCUT2D eigenvalue weighted by atomic mass is 16.3. The summed E-state index contributed by atoms with van der Waals surface area (Å²) in [5.74, 6) is -0.00366. The van der Waals surface area contributed by atoms with Crippen LogP contribution >= 0.6 is 0 Å². The molecule has 0 saturated heterocycles. The van der Waals surface area contributed by atoms with Gasteiger partial charge in [0, 0.05) is 17.9 Å². The molecule has 0 radical (unpaired) electrons. The Hall–Kier alpha value is -1.71. The normalized spacial score (nSPS) is 30.2. The summed E-state index contributed by atoms with van der Waals surface area (Å²) in [6, 6.07) is 7.48. The Morgan fingerprint density at radius 2 is 1.94 bits per heavy atom. The summed E-state index contributed by atoms with van der Waals surface area (Å²) < 4.78 is 0. The molecule has 0 bridgehead atoms. The maximum Gasteiger partial charge on any atom is 0.164 e. The van der Waals surface area contributed by atoms with Gasteiger partial charge in [-0.2, -0.15) is 0 Å². The van der Waals surface area contributed by atoms with E-state index >= 15 is 0 Å². The molecule has 1 unspecified atom stereocenters. The van der Waals surface area contributed by atoms with E-state index in [1.807, 2.05) is 24.3 Å². The van der Waals surface area contributed by atoms with Gasteiger partial charge in [0.25, 0.3) is 0 Å². The van der Waals surface area contributed by atoms with Crippen LogP contribution in [0.25, 0.3) is 0 Å². The van der Waals surface area contributed by atoms with Gasteiger partial charge < -0.3 is 10.2 Å². The Morgan fingerprint density at radius 3 is 2.78 bits per heavy atom. The molecule has 2 aliphatic carbocycles. The summed E-state index contributed by atoms with van der Waals surface area (Å²) in [6.07, 6.45) is 3.67. The number of hydrogen-bond donors (Lipinski definition) is 2. The number of Topliss-reactive ketones (excluding diaryl/α,β-unsaturated/α-hetero) is 1. The largest absolute Gasteiger partial charge is 0.386 e. The topological polar surface area (TPSA) is 57.5 Å². The Kier molecular flexibility index (Phi) is 2.65. The standard InChI is InChI=1S/C15H14O3/c16-13-7-3-6-11(15(13)18)12-8-14(17)10-5-2-1-4-9(10)12/h1-7,12-13,15-16,18H,8H2/t12?,13-,15+/m0/s1. The van der Waals surface area contributed by atoms with E-state index in [4.69, 9.17) is 0 Å². The molecule has 1 aromatic rings. The van der Waals surface area contributed by atoms with Crippen molar-refractivity contribution in [1.29, 1.82) is 0 Å². The van der Waals surface area contributed by atoms with E-state index in [0.717, 1.165) is 16.7 Å². The molecule has 2 N–H and O–H groups in total. The number of benzene rings is 1. The van der Waals surface area contributed by atoms with E-state index < -0.39 is 12.2 Å². The lowest BCUT2D eigenvalue weighted by atomic mass is 9.85. The molecule has 3 atom stereocenters. The Labute approximate surface area is 105 Å². The fraction of sp³-hybridized carbons (Fsp3) is 0.267. The first-order chi connectivity index (χ1) is 8.68. The van der Waals surface area contributed by atoms with Gasteiger partial charge in [-0.05, 0) is 11.1 Å². The molecule has 18 heavy (non-hydrogen) atoms. The number of carbonyl (C=O) groups excluding carboxylic acids is 1. The molecule has 92 valence electrons. The number of rotatable bonds is 1. The van der Waals surface area contributed by atoms with E-state index in [1.54, 1.807) is 18.2 Å². The lowest BCUT2D eigenvalue weighted by Crippen LogP contribution is -2.30. The molecule has 0 spiro atoms. The highest BCUT2D eigenvalue weighted by molar-refractivity contribution is 6.01. The predicted octanol–water partition coefficient (Wildman–Crippen LogP) is 1.57. The Balaban J connectivity index is 2.03. The van der Waals surface area contributed by atoms with Crippen molar-refractivity contribution in [1.82, 2.24) is 0 Å². The zero-order valence-electron chi connectivity index (χ0n) is 9.78. The molecule has 0 amide bonds. The van der Waals surface area contributed by atoms with Gasteiger partial charge in [0.05, 0.1) is 0 Å². The smallest absolute Gasteiger partial charge is 0.164 e. The van der Waals surface area contributed by atoms with Gasteiger partial charge in [0.15, 0.2) is 5.78 Å². The third-order valence-corrected chi connectivity index (χ3v) is 3.69. The van der Waals surface area contributed by atoms with E-state index in [0.29, 0.717) is 6.42 Å². The molecule has 3 rings (SSSR count).